The molecule has 2 saturated heterocycles. The summed E-state index contributed by atoms with van der Waals surface area (Å²) in [7, 11) is 3.89. The summed E-state index contributed by atoms with van der Waals surface area (Å²) in [6.45, 7) is 17.7. The number of anilines is 1. The third-order valence-corrected chi connectivity index (χ3v) is 13.9. The minimum atomic E-state index is -0.834. The Morgan fingerprint density at radius 1 is 1.12 bits per heavy atom. The zero-order valence-electron chi connectivity index (χ0n) is 35.8. The van der Waals surface area contributed by atoms with Gasteiger partial charge in [-0.1, -0.05) is 33.8 Å². The van der Waals surface area contributed by atoms with Gasteiger partial charge >= 0.3 is 5.97 Å². The van der Waals surface area contributed by atoms with Gasteiger partial charge in [0, 0.05) is 91.5 Å². The Morgan fingerprint density at radius 3 is 2.59 bits per heavy atom. The summed E-state index contributed by atoms with van der Waals surface area (Å²) in [5.74, 6) is -0.635. The number of rotatable bonds is 7. The van der Waals surface area contributed by atoms with E-state index in [2.05, 4.69) is 84.1 Å². The van der Waals surface area contributed by atoms with E-state index in [1.807, 2.05) is 25.4 Å². The number of carbonyl (C=O) groups excluding carboxylic acids is 3. The summed E-state index contributed by atoms with van der Waals surface area (Å²) in [6, 6.07) is 7.31. The smallest absolute Gasteiger partial charge is 0.325 e. The summed E-state index contributed by atoms with van der Waals surface area (Å²) in [5, 5.41) is 8.48. The summed E-state index contributed by atoms with van der Waals surface area (Å²) >= 11 is 1.49. The summed E-state index contributed by atoms with van der Waals surface area (Å²) < 4.78 is 14.6. The Kier molecular flexibility index (Phi) is 11.6. The highest BCUT2D eigenvalue weighted by molar-refractivity contribution is 7.10. The first-order valence-electron chi connectivity index (χ1n) is 21.4. The number of cyclic esters (lactones) is 1. The van der Waals surface area contributed by atoms with Crippen LogP contribution >= 0.6 is 11.3 Å². The molecular formula is C45H60N8O5S. The standard InChI is InChI=1S/C45H60N8O5S/c1-9-52-37-11-10-29-19-32(37)34(41(52)33-20-30(23-46-40(33)28(4)57-8)51-16-14-50(7)15-17-51)22-45(5,6)25-58-44(56)39-26(2)12-13-53(49-39)43(55)35(21-38-47-36(29)24-59-38)48-42(54)31-18-27(31)3/h10-11,19-20,23-24,26-28,31,35,39,49H,9,12-18,21-22,25H2,1-8H3,(H,48,54)/t26-,27+,28+,31+,35+,39+/m1/s1. The lowest BCUT2D eigenvalue weighted by Crippen LogP contribution is -2.62. The normalized spacial score (nSPS) is 25.7. The van der Waals surface area contributed by atoms with E-state index in [9.17, 15) is 14.4 Å². The van der Waals surface area contributed by atoms with Crippen molar-refractivity contribution in [3.8, 4) is 22.5 Å². The highest BCUT2D eigenvalue weighted by Crippen LogP contribution is 2.43. The lowest BCUT2D eigenvalue weighted by atomic mass is 9.84. The van der Waals surface area contributed by atoms with Crippen LogP contribution in [-0.2, 0) is 43.2 Å². The minimum absolute atomic E-state index is 0.0593. The number of piperazine rings is 1. The van der Waals surface area contributed by atoms with Gasteiger partial charge in [-0.25, -0.2) is 10.4 Å². The minimum Gasteiger partial charge on any atom is -0.464 e. The number of nitrogens with zero attached hydrogens (tertiary/aromatic N) is 6. The number of fused-ring (bicyclic) bond motifs is 6. The topological polar surface area (TPSA) is 134 Å². The quantitative estimate of drug-likeness (QED) is 0.219. The number of pyridine rings is 1. The van der Waals surface area contributed by atoms with Crippen molar-refractivity contribution < 1.29 is 23.9 Å². The molecule has 1 aromatic carbocycles. The fourth-order valence-electron chi connectivity index (χ4n) is 9.00. The number of aryl methyl sites for hydroxylation is 1. The van der Waals surface area contributed by atoms with E-state index in [0.717, 1.165) is 94.5 Å². The van der Waals surface area contributed by atoms with E-state index in [-0.39, 0.29) is 48.8 Å². The molecule has 2 N–H and O–H groups in total. The second-order valence-electron chi connectivity index (χ2n) is 18.1. The maximum Gasteiger partial charge on any atom is 0.325 e. The van der Waals surface area contributed by atoms with E-state index >= 15 is 0 Å². The van der Waals surface area contributed by atoms with Crippen LogP contribution in [0.1, 0.15) is 76.8 Å². The molecule has 0 spiro atoms. The average molecular weight is 825 g/mol. The third-order valence-electron chi connectivity index (χ3n) is 13.0. The van der Waals surface area contributed by atoms with Gasteiger partial charge in [0.2, 0.25) is 5.91 Å². The zero-order chi connectivity index (χ0) is 41.7. The number of thiazole rings is 1. The molecule has 8 rings (SSSR count). The molecule has 6 atom stereocenters. The number of aromatic nitrogens is 3. The average Bonchev–Trinajstić information content (AvgIpc) is 3.65. The molecule has 0 radical (unpaired) electrons. The Labute approximate surface area is 351 Å². The molecule has 6 heterocycles. The number of likely N-dealkylation sites (N-methyl/N-ethyl adjacent to an activating group) is 1. The maximum atomic E-state index is 14.2. The molecule has 1 saturated carbocycles. The molecule has 4 aromatic rings. The van der Waals surface area contributed by atoms with Gasteiger partial charge in [0.05, 0.1) is 46.7 Å². The van der Waals surface area contributed by atoms with Crippen LogP contribution < -0.4 is 15.6 Å². The largest absolute Gasteiger partial charge is 0.464 e. The Balaban J connectivity index is 1.27. The van der Waals surface area contributed by atoms with Crippen LogP contribution in [0, 0.1) is 23.2 Å². The number of ether oxygens (including phenoxy) is 2. The van der Waals surface area contributed by atoms with E-state index in [1.165, 1.54) is 16.3 Å². The van der Waals surface area contributed by atoms with Crippen molar-refractivity contribution in [1.82, 2.24) is 35.2 Å². The van der Waals surface area contributed by atoms with Gasteiger partial charge < -0.3 is 29.2 Å². The molecule has 316 valence electrons. The Morgan fingerprint density at radius 2 is 1.88 bits per heavy atom. The van der Waals surface area contributed by atoms with Gasteiger partial charge in [0.15, 0.2) is 0 Å². The highest BCUT2D eigenvalue weighted by Gasteiger charge is 2.43. The predicted octanol–water partition coefficient (Wildman–Crippen LogP) is 5.86. The second kappa shape index (κ2) is 16.6. The first-order chi connectivity index (χ1) is 28.2. The number of methoxy groups -OCH3 is 1. The van der Waals surface area contributed by atoms with E-state index in [4.69, 9.17) is 19.4 Å². The van der Waals surface area contributed by atoms with Gasteiger partial charge in [-0.15, -0.1) is 11.3 Å². The Hall–Kier alpha value is -4.37. The fraction of sp³-hybridized carbons (Fsp3) is 0.578. The number of carbonyl (C=O) groups is 3. The number of nitrogens with one attached hydrogen (secondary N) is 2. The number of hydrogen-bond donors (Lipinski definition) is 2. The summed E-state index contributed by atoms with van der Waals surface area (Å²) in [4.78, 5) is 56.5. The number of esters is 1. The van der Waals surface area contributed by atoms with Gasteiger partial charge in [0.1, 0.15) is 12.1 Å². The van der Waals surface area contributed by atoms with Gasteiger partial charge in [-0.2, -0.15) is 0 Å². The molecule has 59 heavy (non-hydrogen) atoms. The summed E-state index contributed by atoms with van der Waals surface area (Å²) in [6.07, 6.45) is 4.03. The molecular weight excluding hydrogens is 765 g/mol. The van der Waals surface area contributed by atoms with E-state index in [1.54, 1.807) is 7.11 Å². The van der Waals surface area contributed by atoms with Crippen LogP contribution in [0.15, 0.2) is 35.8 Å². The first-order valence-corrected chi connectivity index (χ1v) is 22.2. The second-order valence-corrected chi connectivity index (χ2v) is 19.1. The van der Waals surface area contributed by atoms with E-state index in [0.29, 0.717) is 25.3 Å². The number of hydrogen-bond acceptors (Lipinski definition) is 11. The highest BCUT2D eigenvalue weighted by atomic mass is 32.1. The molecule has 3 aromatic heterocycles. The lowest BCUT2D eigenvalue weighted by Gasteiger charge is -2.38. The molecule has 3 fully saturated rings. The third kappa shape index (κ3) is 8.38. The Bertz CT molecular complexity index is 2230. The van der Waals surface area contributed by atoms with Crippen molar-refractivity contribution in [2.45, 2.75) is 92.0 Å². The monoisotopic (exact) mass is 824 g/mol. The SMILES string of the molecule is CCn1c(-c2cc(N3CCN(C)CC3)cnc2[C@H](C)OC)c2c3cc(ccc31)-c1csc(n1)C[C@H](NC(=O)[C@H]1C[C@@H]1C)C(=O)N1CC[C@@H](C)[C@H](N1)C(=O)OCC(C)(C)C2. The zero-order valence-corrected chi connectivity index (χ0v) is 36.7. The van der Waals surface area contributed by atoms with Crippen LogP contribution in [0.5, 0.6) is 0 Å². The molecule has 6 bridgehead atoms. The molecule has 0 unspecified atom stereocenters. The molecule has 4 aliphatic rings. The van der Waals surface area contributed by atoms with Crippen LogP contribution in [0.2, 0.25) is 0 Å². The van der Waals surface area contributed by atoms with Crippen LogP contribution in [0.3, 0.4) is 0 Å². The van der Waals surface area contributed by atoms with Gasteiger partial charge in [0.25, 0.3) is 5.91 Å². The van der Waals surface area contributed by atoms with Crippen LogP contribution in [0.25, 0.3) is 33.4 Å². The molecule has 2 amide bonds. The van der Waals surface area contributed by atoms with E-state index < -0.39 is 17.5 Å². The van der Waals surface area contributed by atoms with Gasteiger partial charge in [-0.05, 0) is 75.8 Å². The number of benzene rings is 1. The van der Waals surface area contributed by atoms with Crippen molar-refractivity contribution >= 4 is 45.7 Å². The molecule has 14 heteroatoms. The number of hydrazine groups is 1. The maximum absolute atomic E-state index is 14.2. The first kappa shape index (κ1) is 41.4. The van der Waals surface area contributed by atoms with Crippen molar-refractivity contribution in [3.05, 3.63) is 52.1 Å². The molecule has 3 aliphatic heterocycles. The van der Waals surface area contributed by atoms with Crippen molar-refractivity contribution in [1.29, 1.82) is 0 Å². The predicted molar refractivity (Wildman–Crippen MR) is 231 cm³/mol. The number of amides is 2. The summed E-state index contributed by atoms with van der Waals surface area (Å²) in [5.41, 5.74) is 10.9. The fourth-order valence-corrected chi connectivity index (χ4v) is 9.85. The lowest BCUT2D eigenvalue weighted by molar-refractivity contribution is -0.157. The molecule has 13 nitrogen and oxygen atoms in total. The van der Waals surface area contributed by atoms with Gasteiger partial charge in [-0.3, -0.25) is 24.4 Å². The van der Waals surface area contributed by atoms with Crippen LogP contribution in [0.4, 0.5) is 5.69 Å². The van der Waals surface area contributed by atoms with Crippen molar-refractivity contribution in [2.75, 3.05) is 58.4 Å². The van der Waals surface area contributed by atoms with Crippen molar-refractivity contribution in [3.63, 3.8) is 0 Å². The van der Waals surface area contributed by atoms with Crippen molar-refractivity contribution in [2.24, 2.45) is 23.2 Å². The van der Waals surface area contributed by atoms with Crippen LogP contribution in [-0.4, -0.2) is 108 Å². The molecule has 1 aliphatic carbocycles.